The van der Waals surface area contributed by atoms with Crippen LogP contribution in [0.2, 0.25) is 0 Å². The van der Waals surface area contributed by atoms with Crippen molar-refractivity contribution in [2.75, 3.05) is 45.7 Å². The van der Waals surface area contributed by atoms with E-state index in [2.05, 4.69) is 30.0 Å². The number of phenols is 1. The van der Waals surface area contributed by atoms with Gasteiger partial charge in [0.25, 0.3) is 0 Å². The Morgan fingerprint density at radius 2 is 1.80 bits per heavy atom. The average Bonchev–Trinajstić information content (AvgIpc) is 3.72. The smallest absolute Gasteiger partial charge is 0.169 e. The van der Waals surface area contributed by atoms with Crippen LogP contribution in [0.25, 0.3) is 22.0 Å². The number of fused-ring (bicyclic) bond motifs is 1. The van der Waals surface area contributed by atoms with Crippen molar-refractivity contribution in [3.8, 4) is 22.6 Å². The highest BCUT2D eigenvalue weighted by molar-refractivity contribution is 6.10. The third-order valence-electron chi connectivity index (χ3n) is 7.48. The minimum Gasteiger partial charge on any atom is -0.504 e. The zero-order chi connectivity index (χ0) is 24.5. The summed E-state index contributed by atoms with van der Waals surface area (Å²) < 4.78 is 5.32. The van der Waals surface area contributed by atoms with E-state index in [4.69, 9.17) is 9.72 Å². The van der Waals surface area contributed by atoms with E-state index in [0.717, 1.165) is 84.5 Å². The lowest BCUT2D eigenvalue weighted by atomic mass is 9.91. The fourth-order valence-electron chi connectivity index (χ4n) is 5.19. The Kier molecular flexibility index (Phi) is 6.65. The number of rotatable bonds is 8. The van der Waals surface area contributed by atoms with Gasteiger partial charge < -0.3 is 19.6 Å². The number of pyridine rings is 1. The van der Waals surface area contributed by atoms with E-state index < -0.39 is 0 Å². The largest absolute Gasteiger partial charge is 0.504 e. The summed E-state index contributed by atoms with van der Waals surface area (Å²) in [5.74, 6) is 1.67. The Labute approximate surface area is 207 Å². The lowest BCUT2D eigenvalue weighted by molar-refractivity contribution is 0.0968. The summed E-state index contributed by atoms with van der Waals surface area (Å²) in [4.78, 5) is 22.7. The summed E-state index contributed by atoms with van der Waals surface area (Å²) in [6, 6.07) is 11.6. The molecule has 1 aliphatic heterocycles. The molecule has 1 saturated heterocycles. The maximum absolute atomic E-state index is 13.3. The molecule has 6 nitrogen and oxygen atoms in total. The second kappa shape index (κ2) is 9.86. The van der Waals surface area contributed by atoms with Gasteiger partial charge in [-0.15, -0.1) is 0 Å². The topological polar surface area (TPSA) is 65.9 Å². The predicted octanol–water partition coefficient (Wildman–Crippen LogP) is 5.38. The van der Waals surface area contributed by atoms with E-state index >= 15 is 0 Å². The summed E-state index contributed by atoms with van der Waals surface area (Å²) in [5.41, 5.74) is 4.68. The molecule has 0 radical (unpaired) electrons. The third kappa shape index (κ3) is 4.98. The Hall–Kier alpha value is -3.12. The number of Topliss-reactive ketones (excluding diaryl/α,β-unsaturated/α-hetero) is 1. The van der Waals surface area contributed by atoms with Crippen LogP contribution >= 0.6 is 0 Å². The van der Waals surface area contributed by atoms with E-state index in [1.807, 2.05) is 24.3 Å². The van der Waals surface area contributed by atoms with E-state index in [9.17, 15) is 9.90 Å². The Bertz CT molecular complexity index is 1230. The van der Waals surface area contributed by atoms with Crippen molar-refractivity contribution >= 4 is 22.4 Å². The first-order valence-electron chi connectivity index (χ1n) is 12.7. The van der Waals surface area contributed by atoms with Crippen molar-refractivity contribution in [3.05, 3.63) is 48.2 Å². The lowest BCUT2D eigenvalue weighted by Gasteiger charge is -2.35. The number of anilines is 1. The first kappa shape index (κ1) is 23.6. The quantitative estimate of drug-likeness (QED) is 0.443. The van der Waals surface area contributed by atoms with E-state index in [-0.39, 0.29) is 17.5 Å². The molecule has 2 heterocycles. The number of methoxy groups -OCH3 is 1. The van der Waals surface area contributed by atoms with Crippen molar-refractivity contribution in [2.45, 2.75) is 32.1 Å². The highest BCUT2D eigenvalue weighted by Crippen LogP contribution is 2.41. The molecule has 1 N–H and O–H groups in total. The van der Waals surface area contributed by atoms with Gasteiger partial charge in [0, 0.05) is 30.6 Å². The standard InChI is InChI=1S/C29H35N3O3/c1-31(2)13-10-19-11-14-32(15-12-19)28-23-16-21(22-7-9-26(33)27(17-22)35-3)6-8-25(23)30-18-24(28)29(34)20-4-5-20/h6-9,16-20,33H,4-5,10-15H2,1-3H3. The van der Waals surface area contributed by atoms with Crippen molar-refractivity contribution in [2.24, 2.45) is 11.8 Å². The number of carbonyl (C=O) groups is 1. The lowest BCUT2D eigenvalue weighted by Crippen LogP contribution is -2.35. The van der Waals surface area contributed by atoms with Gasteiger partial charge in [-0.1, -0.05) is 12.1 Å². The van der Waals surface area contributed by atoms with Gasteiger partial charge in [0.05, 0.1) is 23.9 Å². The molecule has 0 bridgehead atoms. The minimum absolute atomic E-state index is 0.119. The van der Waals surface area contributed by atoms with Gasteiger partial charge in [-0.05, 0) is 94.1 Å². The maximum atomic E-state index is 13.3. The summed E-state index contributed by atoms with van der Waals surface area (Å²) >= 11 is 0. The first-order chi connectivity index (χ1) is 16.9. The number of nitrogens with zero attached hydrogens (tertiary/aromatic N) is 3. The van der Waals surface area contributed by atoms with E-state index in [1.165, 1.54) is 6.42 Å². The molecule has 0 atom stereocenters. The number of benzene rings is 2. The SMILES string of the molecule is COc1cc(-c2ccc3ncc(C(=O)C4CC4)c(N4CCC(CCN(C)C)CC4)c3c2)ccc1O. The molecule has 6 heteroatoms. The van der Waals surface area contributed by atoms with Crippen molar-refractivity contribution in [1.82, 2.24) is 9.88 Å². The molecular formula is C29H35N3O3. The number of phenolic OH excluding ortho intramolecular Hbond substituents is 1. The fraction of sp³-hybridized carbons (Fsp3) is 0.448. The number of hydrogen-bond donors (Lipinski definition) is 1. The van der Waals surface area contributed by atoms with Crippen LogP contribution in [0, 0.1) is 11.8 Å². The van der Waals surface area contributed by atoms with Crippen LogP contribution in [0.4, 0.5) is 5.69 Å². The maximum Gasteiger partial charge on any atom is 0.169 e. The van der Waals surface area contributed by atoms with Crippen LogP contribution in [0.1, 0.15) is 42.5 Å². The highest BCUT2D eigenvalue weighted by Gasteiger charge is 2.34. The molecule has 1 aromatic heterocycles. The second-order valence-corrected chi connectivity index (χ2v) is 10.3. The van der Waals surface area contributed by atoms with Crippen LogP contribution in [0.15, 0.2) is 42.6 Å². The number of aromatic hydroxyl groups is 1. The van der Waals surface area contributed by atoms with Gasteiger partial charge in [-0.2, -0.15) is 0 Å². The molecule has 1 aliphatic carbocycles. The van der Waals surface area contributed by atoms with Gasteiger partial charge in [-0.3, -0.25) is 9.78 Å². The molecule has 35 heavy (non-hydrogen) atoms. The van der Waals surface area contributed by atoms with E-state index in [1.54, 1.807) is 19.4 Å². The number of hydrogen-bond acceptors (Lipinski definition) is 6. The van der Waals surface area contributed by atoms with E-state index in [0.29, 0.717) is 5.75 Å². The molecule has 1 saturated carbocycles. The molecular weight excluding hydrogens is 438 g/mol. The molecule has 2 aliphatic rings. The normalized spacial score (nSPS) is 16.7. The predicted molar refractivity (Wildman–Crippen MR) is 141 cm³/mol. The van der Waals surface area contributed by atoms with Crippen LogP contribution in [0.3, 0.4) is 0 Å². The van der Waals surface area contributed by atoms with Crippen molar-refractivity contribution in [1.29, 1.82) is 0 Å². The van der Waals surface area contributed by atoms with Crippen LogP contribution in [-0.4, -0.2) is 61.6 Å². The zero-order valence-electron chi connectivity index (χ0n) is 21.0. The molecule has 0 unspecified atom stereocenters. The van der Waals surface area contributed by atoms with Crippen LogP contribution < -0.4 is 9.64 Å². The summed E-state index contributed by atoms with van der Waals surface area (Å²) in [6.07, 6.45) is 7.28. The molecule has 184 valence electrons. The minimum atomic E-state index is 0.119. The fourth-order valence-corrected chi connectivity index (χ4v) is 5.19. The highest BCUT2D eigenvalue weighted by atomic mass is 16.5. The molecule has 0 spiro atoms. The average molecular weight is 474 g/mol. The number of ether oxygens (including phenoxy) is 1. The summed E-state index contributed by atoms with van der Waals surface area (Å²) in [7, 11) is 5.82. The second-order valence-electron chi connectivity index (χ2n) is 10.3. The van der Waals surface area contributed by atoms with Crippen LogP contribution in [0.5, 0.6) is 11.5 Å². The van der Waals surface area contributed by atoms with Crippen LogP contribution in [-0.2, 0) is 0 Å². The van der Waals surface area contributed by atoms with Gasteiger partial charge in [0.15, 0.2) is 17.3 Å². The van der Waals surface area contributed by atoms with Gasteiger partial charge in [0.1, 0.15) is 0 Å². The number of piperidine rings is 1. The Morgan fingerprint density at radius 3 is 2.49 bits per heavy atom. The number of aromatic nitrogens is 1. The molecule has 3 aromatic rings. The molecule has 2 fully saturated rings. The molecule has 5 rings (SSSR count). The Balaban J connectivity index is 1.54. The van der Waals surface area contributed by atoms with Gasteiger partial charge >= 0.3 is 0 Å². The number of carbonyl (C=O) groups excluding carboxylic acids is 1. The monoisotopic (exact) mass is 473 g/mol. The van der Waals surface area contributed by atoms with Crippen molar-refractivity contribution in [3.63, 3.8) is 0 Å². The number of ketones is 1. The summed E-state index contributed by atoms with van der Waals surface area (Å²) in [5, 5.41) is 11.1. The van der Waals surface area contributed by atoms with Gasteiger partial charge in [0.2, 0.25) is 0 Å². The third-order valence-corrected chi connectivity index (χ3v) is 7.48. The molecule has 2 aromatic carbocycles. The van der Waals surface area contributed by atoms with Crippen molar-refractivity contribution < 1.29 is 14.6 Å². The zero-order valence-corrected chi connectivity index (χ0v) is 21.0. The van der Waals surface area contributed by atoms with Gasteiger partial charge in [-0.25, -0.2) is 0 Å². The summed E-state index contributed by atoms with van der Waals surface area (Å²) in [6.45, 7) is 3.03. The Morgan fingerprint density at radius 1 is 1.09 bits per heavy atom. The molecule has 0 amide bonds. The first-order valence-corrected chi connectivity index (χ1v) is 12.7.